The minimum Gasteiger partial charge on any atom is -0.393 e. The molecule has 2 heterocycles. The van der Waals surface area contributed by atoms with Crippen molar-refractivity contribution >= 4 is 5.78 Å². The van der Waals surface area contributed by atoms with Crippen LogP contribution in [0.3, 0.4) is 0 Å². The van der Waals surface area contributed by atoms with Crippen LogP contribution < -0.4 is 0 Å². The normalized spacial score (nSPS) is 21.3. The van der Waals surface area contributed by atoms with Gasteiger partial charge in [-0.05, 0) is 88.7 Å². The Morgan fingerprint density at radius 3 is 2.23 bits per heavy atom. The van der Waals surface area contributed by atoms with Gasteiger partial charge in [-0.3, -0.25) is 9.69 Å². The van der Waals surface area contributed by atoms with Gasteiger partial charge < -0.3 is 10.0 Å². The van der Waals surface area contributed by atoms with Crippen LogP contribution in [0, 0.1) is 20.8 Å². The minimum atomic E-state index is -0.0886. The topological polar surface area (TPSA) is 43.8 Å². The molecule has 144 valence electrons. The van der Waals surface area contributed by atoms with Crippen molar-refractivity contribution in [2.24, 2.45) is 0 Å². The predicted molar refractivity (Wildman–Crippen MR) is 106 cm³/mol. The third-order valence-electron chi connectivity index (χ3n) is 6.44. The maximum absolute atomic E-state index is 12.0. The zero-order valence-corrected chi connectivity index (χ0v) is 16.8. The number of carbonyl (C=O) groups is 1. The number of aliphatic hydroxyl groups excluding tert-OH is 1. The van der Waals surface area contributed by atoms with E-state index < -0.39 is 0 Å². The lowest BCUT2D eigenvalue weighted by atomic mass is 9.90. The van der Waals surface area contributed by atoms with Crippen molar-refractivity contribution in [3.8, 4) is 0 Å². The van der Waals surface area contributed by atoms with Gasteiger partial charge in [0.05, 0.1) is 6.10 Å². The smallest absolute Gasteiger partial charge is 0.160 e. The van der Waals surface area contributed by atoms with Gasteiger partial charge in [0.1, 0.15) is 0 Å². The number of aliphatic hydroxyl groups is 1. The Hall–Kier alpha value is -1.23. The molecule has 0 aliphatic carbocycles. The molecule has 1 aromatic carbocycles. The molecule has 0 atom stereocenters. The van der Waals surface area contributed by atoms with E-state index in [1.54, 1.807) is 6.92 Å². The fourth-order valence-electron chi connectivity index (χ4n) is 4.93. The number of piperidine rings is 2. The van der Waals surface area contributed by atoms with Gasteiger partial charge in [0, 0.05) is 31.2 Å². The molecule has 3 rings (SSSR count). The van der Waals surface area contributed by atoms with Crippen molar-refractivity contribution in [2.75, 3.05) is 26.2 Å². The molecule has 0 aromatic heterocycles. The van der Waals surface area contributed by atoms with E-state index in [-0.39, 0.29) is 11.9 Å². The summed E-state index contributed by atoms with van der Waals surface area (Å²) in [7, 11) is 0. The molecular weight excluding hydrogens is 324 g/mol. The molecule has 26 heavy (non-hydrogen) atoms. The number of nitrogens with zero attached hydrogens (tertiary/aromatic N) is 2. The second kappa shape index (κ2) is 8.20. The van der Waals surface area contributed by atoms with Crippen LogP contribution in [0.4, 0.5) is 0 Å². The molecule has 2 aliphatic rings. The first kappa shape index (κ1) is 19.5. The number of hydrogen-bond acceptors (Lipinski definition) is 4. The Kier molecular flexibility index (Phi) is 6.16. The predicted octanol–water partition coefficient (Wildman–Crippen LogP) is 3.24. The SMILES string of the molecule is CC(=O)c1c(C)cc(C)c(CN2CCC(N3CCC(O)CC3)CC2)c1C. The molecule has 2 saturated heterocycles. The van der Waals surface area contributed by atoms with Crippen molar-refractivity contribution in [3.63, 3.8) is 0 Å². The molecule has 0 amide bonds. The average molecular weight is 359 g/mol. The average Bonchev–Trinajstić information content (AvgIpc) is 2.59. The highest BCUT2D eigenvalue weighted by Crippen LogP contribution is 2.27. The summed E-state index contributed by atoms with van der Waals surface area (Å²) >= 11 is 0. The fraction of sp³-hybridized carbons (Fsp3) is 0.682. The number of aryl methyl sites for hydroxylation is 2. The summed E-state index contributed by atoms with van der Waals surface area (Å²) in [5.41, 5.74) is 5.81. The number of carbonyl (C=O) groups excluding carboxylic acids is 1. The fourth-order valence-corrected chi connectivity index (χ4v) is 4.93. The Bertz CT molecular complexity index is 655. The highest BCUT2D eigenvalue weighted by atomic mass is 16.3. The van der Waals surface area contributed by atoms with E-state index in [1.807, 2.05) is 6.92 Å². The summed E-state index contributed by atoms with van der Waals surface area (Å²) in [5, 5.41) is 9.71. The summed E-state index contributed by atoms with van der Waals surface area (Å²) in [6.45, 7) is 13.3. The standard InChI is InChI=1S/C22H34N2O2/c1-15-13-16(2)22(18(4)25)17(3)21(15)14-23-9-5-19(6-10-23)24-11-7-20(26)8-12-24/h13,19-20,26H,5-12,14H2,1-4H3. The first-order chi connectivity index (χ1) is 12.4. The zero-order valence-electron chi connectivity index (χ0n) is 16.8. The molecule has 0 saturated carbocycles. The molecule has 0 bridgehead atoms. The molecule has 0 unspecified atom stereocenters. The lowest BCUT2D eigenvalue weighted by molar-refractivity contribution is 0.0375. The van der Waals surface area contributed by atoms with Crippen LogP contribution in [0.2, 0.25) is 0 Å². The summed E-state index contributed by atoms with van der Waals surface area (Å²) in [6, 6.07) is 2.84. The molecule has 0 spiro atoms. The molecule has 2 aliphatic heterocycles. The highest BCUT2D eigenvalue weighted by Gasteiger charge is 2.28. The van der Waals surface area contributed by atoms with E-state index >= 15 is 0 Å². The zero-order chi connectivity index (χ0) is 18.8. The monoisotopic (exact) mass is 358 g/mol. The quantitative estimate of drug-likeness (QED) is 0.839. The van der Waals surface area contributed by atoms with Crippen molar-refractivity contribution < 1.29 is 9.90 Å². The Morgan fingerprint density at radius 2 is 1.65 bits per heavy atom. The van der Waals surface area contributed by atoms with Crippen LogP contribution in [-0.4, -0.2) is 59.0 Å². The number of benzene rings is 1. The molecule has 1 aromatic rings. The largest absolute Gasteiger partial charge is 0.393 e. The van der Waals surface area contributed by atoms with E-state index in [2.05, 4.69) is 29.7 Å². The van der Waals surface area contributed by atoms with E-state index in [0.717, 1.165) is 56.7 Å². The Labute approximate surface area is 158 Å². The number of rotatable bonds is 4. The molecule has 1 N–H and O–H groups in total. The van der Waals surface area contributed by atoms with Crippen LogP contribution in [-0.2, 0) is 6.54 Å². The van der Waals surface area contributed by atoms with Crippen molar-refractivity contribution in [1.29, 1.82) is 0 Å². The van der Waals surface area contributed by atoms with Gasteiger partial charge in [-0.1, -0.05) is 6.07 Å². The van der Waals surface area contributed by atoms with E-state index in [1.165, 1.54) is 29.5 Å². The van der Waals surface area contributed by atoms with Crippen LogP contribution in [0.15, 0.2) is 6.07 Å². The maximum atomic E-state index is 12.0. The third kappa shape index (κ3) is 4.19. The summed E-state index contributed by atoms with van der Waals surface area (Å²) in [5.74, 6) is 0.173. The first-order valence-electron chi connectivity index (χ1n) is 10.1. The Morgan fingerprint density at radius 1 is 1.04 bits per heavy atom. The lowest BCUT2D eigenvalue weighted by Gasteiger charge is -2.41. The number of ketones is 1. The Balaban J connectivity index is 1.63. The molecule has 0 radical (unpaired) electrons. The van der Waals surface area contributed by atoms with Crippen LogP contribution in [0.25, 0.3) is 0 Å². The van der Waals surface area contributed by atoms with E-state index in [9.17, 15) is 9.90 Å². The van der Waals surface area contributed by atoms with Gasteiger partial charge in [-0.2, -0.15) is 0 Å². The maximum Gasteiger partial charge on any atom is 0.160 e. The summed E-state index contributed by atoms with van der Waals surface area (Å²) in [6.07, 6.45) is 4.18. The minimum absolute atomic E-state index is 0.0886. The van der Waals surface area contributed by atoms with Gasteiger partial charge in [0.15, 0.2) is 5.78 Å². The van der Waals surface area contributed by atoms with Crippen molar-refractivity contribution in [3.05, 3.63) is 33.9 Å². The second-order valence-electron chi connectivity index (χ2n) is 8.32. The second-order valence-corrected chi connectivity index (χ2v) is 8.32. The summed E-state index contributed by atoms with van der Waals surface area (Å²) in [4.78, 5) is 17.2. The molecule has 4 heteroatoms. The molecule has 2 fully saturated rings. The number of Topliss-reactive ketones (excluding diaryl/α,β-unsaturated/α-hetero) is 1. The van der Waals surface area contributed by atoms with Crippen molar-refractivity contribution in [2.45, 2.75) is 72.1 Å². The van der Waals surface area contributed by atoms with Crippen molar-refractivity contribution in [1.82, 2.24) is 9.80 Å². The van der Waals surface area contributed by atoms with Gasteiger partial charge in [-0.25, -0.2) is 0 Å². The summed E-state index contributed by atoms with van der Waals surface area (Å²) < 4.78 is 0. The first-order valence-corrected chi connectivity index (χ1v) is 10.1. The van der Waals surface area contributed by atoms with E-state index in [4.69, 9.17) is 0 Å². The molecule has 4 nitrogen and oxygen atoms in total. The van der Waals surface area contributed by atoms with E-state index in [0.29, 0.717) is 6.04 Å². The van der Waals surface area contributed by atoms with Crippen LogP contribution in [0.1, 0.15) is 65.2 Å². The van der Waals surface area contributed by atoms with Gasteiger partial charge in [0.25, 0.3) is 0 Å². The van der Waals surface area contributed by atoms with Gasteiger partial charge in [0.2, 0.25) is 0 Å². The van der Waals surface area contributed by atoms with Crippen LogP contribution in [0.5, 0.6) is 0 Å². The lowest BCUT2D eigenvalue weighted by Crippen LogP contribution is -2.48. The highest BCUT2D eigenvalue weighted by molar-refractivity contribution is 5.97. The van der Waals surface area contributed by atoms with Crippen LogP contribution >= 0.6 is 0 Å². The van der Waals surface area contributed by atoms with Gasteiger partial charge in [-0.15, -0.1) is 0 Å². The van der Waals surface area contributed by atoms with Gasteiger partial charge >= 0.3 is 0 Å². The number of likely N-dealkylation sites (tertiary alicyclic amines) is 2. The molecular formula is C22H34N2O2. The number of hydrogen-bond donors (Lipinski definition) is 1. The third-order valence-corrected chi connectivity index (χ3v) is 6.44.